The second-order valence-electron chi connectivity index (χ2n) is 4.95. The second kappa shape index (κ2) is 3.93. The van der Waals surface area contributed by atoms with Gasteiger partial charge in [0, 0.05) is 13.6 Å². The van der Waals surface area contributed by atoms with Gasteiger partial charge in [-0.05, 0) is 12.3 Å². The van der Waals surface area contributed by atoms with Gasteiger partial charge in [0.15, 0.2) is 0 Å². The van der Waals surface area contributed by atoms with Crippen LogP contribution in [-0.2, 0) is 7.05 Å². The van der Waals surface area contributed by atoms with Crippen molar-refractivity contribution in [1.29, 1.82) is 5.26 Å². The first-order valence-corrected chi connectivity index (χ1v) is 5.02. The van der Waals surface area contributed by atoms with E-state index in [1.54, 1.807) is 4.57 Å². The van der Waals surface area contributed by atoms with E-state index < -0.39 is 0 Å². The summed E-state index contributed by atoms with van der Waals surface area (Å²) in [5.74, 6) is 1.26. The molecule has 0 saturated heterocycles. The summed E-state index contributed by atoms with van der Waals surface area (Å²) in [6.07, 6.45) is 0. The normalized spacial score (nSPS) is 11.2. The predicted octanol–water partition coefficient (Wildman–Crippen LogP) is 2.06. The van der Waals surface area contributed by atoms with Gasteiger partial charge in [0.1, 0.15) is 11.9 Å². The van der Waals surface area contributed by atoms with Crippen molar-refractivity contribution >= 4 is 5.82 Å². The van der Waals surface area contributed by atoms with E-state index >= 15 is 0 Å². The number of nitrogens with one attached hydrogen (secondary N) is 1. The fraction of sp³-hybridized carbons (Fsp3) is 0.636. The maximum Gasteiger partial charge on any atom is 0.214 e. The van der Waals surface area contributed by atoms with E-state index in [2.05, 4.69) is 37.1 Å². The van der Waals surface area contributed by atoms with Gasteiger partial charge in [-0.2, -0.15) is 5.26 Å². The van der Waals surface area contributed by atoms with Crippen molar-refractivity contribution in [3.05, 3.63) is 11.5 Å². The molecule has 4 heteroatoms. The second-order valence-corrected chi connectivity index (χ2v) is 4.95. The Balaban J connectivity index is 2.84. The number of anilines is 1. The van der Waals surface area contributed by atoms with Crippen molar-refractivity contribution in [2.75, 3.05) is 11.9 Å². The Bertz CT molecular complexity index is 390. The molecule has 1 aromatic rings. The fourth-order valence-corrected chi connectivity index (χ4v) is 1.20. The zero-order valence-electron chi connectivity index (χ0n) is 10.0. The van der Waals surface area contributed by atoms with Crippen molar-refractivity contribution < 1.29 is 0 Å². The standard InChI is InChI=1S/C11H18N4/c1-8-10(13-7-11(2,3)4)14-9(6-12)15(8)5/h13H,7H2,1-5H3. The number of aromatic nitrogens is 2. The zero-order chi connectivity index (χ0) is 11.6. The van der Waals surface area contributed by atoms with Crippen LogP contribution in [0.1, 0.15) is 32.3 Å². The molecule has 1 aromatic heterocycles. The van der Waals surface area contributed by atoms with Gasteiger partial charge < -0.3 is 9.88 Å². The highest BCUT2D eigenvalue weighted by molar-refractivity contribution is 5.44. The fourth-order valence-electron chi connectivity index (χ4n) is 1.20. The minimum atomic E-state index is 0.205. The van der Waals surface area contributed by atoms with Gasteiger partial charge in [-0.15, -0.1) is 0 Å². The Morgan fingerprint density at radius 2 is 2.07 bits per heavy atom. The van der Waals surface area contributed by atoms with Crippen LogP contribution in [0.2, 0.25) is 0 Å². The highest BCUT2D eigenvalue weighted by Crippen LogP contribution is 2.18. The van der Waals surface area contributed by atoms with Crippen LogP contribution in [0.4, 0.5) is 5.82 Å². The minimum absolute atomic E-state index is 0.205. The van der Waals surface area contributed by atoms with Gasteiger partial charge in [0.05, 0.1) is 5.69 Å². The zero-order valence-corrected chi connectivity index (χ0v) is 10.0. The molecule has 0 unspecified atom stereocenters. The van der Waals surface area contributed by atoms with E-state index in [4.69, 9.17) is 5.26 Å². The number of nitrogens with zero attached hydrogens (tertiary/aromatic N) is 3. The molecule has 0 spiro atoms. The Morgan fingerprint density at radius 3 is 2.47 bits per heavy atom. The molecule has 1 rings (SSSR count). The quantitative estimate of drug-likeness (QED) is 0.805. The third-order valence-electron chi connectivity index (χ3n) is 2.27. The molecule has 0 saturated carbocycles. The molecule has 1 N–H and O–H groups in total. The van der Waals surface area contributed by atoms with E-state index in [9.17, 15) is 0 Å². The number of nitriles is 1. The van der Waals surface area contributed by atoms with Gasteiger partial charge >= 0.3 is 0 Å². The summed E-state index contributed by atoms with van der Waals surface area (Å²) >= 11 is 0. The van der Waals surface area contributed by atoms with E-state index in [0.29, 0.717) is 5.82 Å². The maximum atomic E-state index is 8.82. The Kier molecular flexibility index (Phi) is 3.04. The Labute approximate surface area is 90.9 Å². The largest absolute Gasteiger partial charge is 0.368 e. The summed E-state index contributed by atoms with van der Waals surface area (Å²) in [4.78, 5) is 4.22. The van der Waals surface area contributed by atoms with Crippen LogP contribution in [0.15, 0.2) is 0 Å². The van der Waals surface area contributed by atoms with Crippen molar-refractivity contribution in [3.63, 3.8) is 0 Å². The SMILES string of the molecule is Cc1c(NCC(C)(C)C)nc(C#N)n1C. The van der Waals surface area contributed by atoms with Crippen LogP contribution in [0, 0.1) is 23.7 Å². The van der Waals surface area contributed by atoms with Gasteiger partial charge in [0.25, 0.3) is 0 Å². The monoisotopic (exact) mass is 206 g/mol. The van der Waals surface area contributed by atoms with Crippen molar-refractivity contribution in [2.24, 2.45) is 12.5 Å². The first kappa shape index (κ1) is 11.6. The van der Waals surface area contributed by atoms with E-state index in [0.717, 1.165) is 18.1 Å². The van der Waals surface area contributed by atoms with E-state index in [-0.39, 0.29) is 5.41 Å². The topological polar surface area (TPSA) is 53.6 Å². The van der Waals surface area contributed by atoms with Crippen LogP contribution in [-0.4, -0.2) is 16.1 Å². The summed E-state index contributed by atoms with van der Waals surface area (Å²) in [5.41, 5.74) is 1.20. The van der Waals surface area contributed by atoms with Gasteiger partial charge in [-0.1, -0.05) is 20.8 Å². The summed E-state index contributed by atoms with van der Waals surface area (Å²) in [6.45, 7) is 9.27. The lowest BCUT2D eigenvalue weighted by atomic mass is 9.97. The number of rotatable bonds is 2. The molecule has 82 valence electrons. The van der Waals surface area contributed by atoms with Crippen LogP contribution < -0.4 is 5.32 Å². The molecule has 4 nitrogen and oxygen atoms in total. The summed E-state index contributed by atoms with van der Waals surface area (Å²) in [6, 6.07) is 2.07. The lowest BCUT2D eigenvalue weighted by molar-refractivity contribution is 0.442. The molecular weight excluding hydrogens is 188 g/mol. The third kappa shape index (κ3) is 2.72. The summed E-state index contributed by atoms with van der Waals surface area (Å²) < 4.78 is 1.80. The lowest BCUT2D eigenvalue weighted by Gasteiger charge is -2.18. The highest BCUT2D eigenvalue weighted by atomic mass is 15.1. The number of hydrogen-bond donors (Lipinski definition) is 1. The van der Waals surface area contributed by atoms with E-state index in [1.165, 1.54) is 0 Å². The van der Waals surface area contributed by atoms with Gasteiger partial charge in [-0.25, -0.2) is 4.98 Å². The molecule has 0 bridgehead atoms. The smallest absolute Gasteiger partial charge is 0.214 e. The number of hydrogen-bond acceptors (Lipinski definition) is 3. The molecule has 15 heavy (non-hydrogen) atoms. The molecule has 0 aromatic carbocycles. The Morgan fingerprint density at radius 1 is 1.47 bits per heavy atom. The van der Waals surface area contributed by atoms with Crippen LogP contribution >= 0.6 is 0 Å². The van der Waals surface area contributed by atoms with E-state index in [1.807, 2.05) is 14.0 Å². The average molecular weight is 206 g/mol. The first-order valence-electron chi connectivity index (χ1n) is 5.02. The molecule has 0 atom stereocenters. The highest BCUT2D eigenvalue weighted by Gasteiger charge is 2.14. The summed E-state index contributed by atoms with van der Waals surface area (Å²) in [7, 11) is 1.85. The molecule has 0 aliphatic heterocycles. The molecule has 0 amide bonds. The summed E-state index contributed by atoms with van der Waals surface area (Å²) in [5, 5.41) is 12.1. The Hall–Kier alpha value is -1.50. The van der Waals surface area contributed by atoms with Crippen LogP contribution in [0.5, 0.6) is 0 Å². The van der Waals surface area contributed by atoms with Gasteiger partial charge in [-0.3, -0.25) is 0 Å². The molecule has 0 aliphatic rings. The number of imidazole rings is 1. The van der Waals surface area contributed by atoms with Crippen molar-refractivity contribution in [2.45, 2.75) is 27.7 Å². The average Bonchev–Trinajstić information content (AvgIpc) is 2.40. The molecular formula is C11H18N4. The molecule has 0 fully saturated rings. The van der Waals surface area contributed by atoms with Crippen molar-refractivity contribution in [1.82, 2.24) is 9.55 Å². The maximum absolute atomic E-state index is 8.82. The molecule has 0 aliphatic carbocycles. The van der Waals surface area contributed by atoms with Crippen LogP contribution in [0.25, 0.3) is 0 Å². The minimum Gasteiger partial charge on any atom is -0.368 e. The van der Waals surface area contributed by atoms with Crippen molar-refractivity contribution in [3.8, 4) is 6.07 Å². The molecule has 0 radical (unpaired) electrons. The lowest BCUT2D eigenvalue weighted by Crippen LogP contribution is -2.19. The first-order chi connectivity index (χ1) is 6.85. The predicted molar refractivity (Wildman–Crippen MR) is 60.6 cm³/mol. The van der Waals surface area contributed by atoms with Crippen LogP contribution in [0.3, 0.4) is 0 Å². The van der Waals surface area contributed by atoms with Gasteiger partial charge in [0.2, 0.25) is 5.82 Å². The third-order valence-corrected chi connectivity index (χ3v) is 2.27. The molecule has 1 heterocycles.